The number of nitrogens with two attached hydrogens (primary N) is 1. The zero-order valence-electron chi connectivity index (χ0n) is 11.0. The lowest BCUT2D eigenvalue weighted by atomic mass is 10.1. The molecule has 0 fully saturated rings. The van der Waals surface area contributed by atoms with Gasteiger partial charge < -0.3 is 20.9 Å². The van der Waals surface area contributed by atoms with Gasteiger partial charge >= 0.3 is 0 Å². The predicted molar refractivity (Wildman–Crippen MR) is 70.7 cm³/mol. The number of ether oxygens (including phenoxy) is 1. The lowest BCUT2D eigenvalue weighted by molar-refractivity contribution is 0.0694. The van der Waals surface area contributed by atoms with E-state index in [1.54, 1.807) is 32.0 Å². The van der Waals surface area contributed by atoms with E-state index in [1.165, 1.54) is 0 Å². The van der Waals surface area contributed by atoms with Crippen LogP contribution in [0, 0.1) is 0 Å². The standard InChI is InChI=1S/C13H20N2O3/c1-4-18-11-6-9(5-10(14)7-11)12(16)15-8-13(2,3)17/h5-7,17H,4,8,14H2,1-3H3,(H,15,16). The quantitative estimate of drug-likeness (QED) is 0.687. The maximum Gasteiger partial charge on any atom is 0.251 e. The number of benzene rings is 1. The van der Waals surface area contributed by atoms with E-state index < -0.39 is 5.60 Å². The van der Waals surface area contributed by atoms with E-state index in [9.17, 15) is 9.90 Å². The molecular formula is C13H20N2O3. The lowest BCUT2D eigenvalue weighted by Crippen LogP contribution is -2.38. The molecule has 0 bridgehead atoms. The molecule has 18 heavy (non-hydrogen) atoms. The number of rotatable bonds is 5. The Hall–Kier alpha value is -1.75. The van der Waals surface area contributed by atoms with Gasteiger partial charge in [-0.1, -0.05) is 0 Å². The molecule has 4 N–H and O–H groups in total. The van der Waals surface area contributed by atoms with Gasteiger partial charge in [-0.25, -0.2) is 0 Å². The second-order valence-corrected chi connectivity index (χ2v) is 4.72. The minimum Gasteiger partial charge on any atom is -0.494 e. The first-order valence-corrected chi connectivity index (χ1v) is 5.86. The molecule has 0 aliphatic heterocycles. The second-order valence-electron chi connectivity index (χ2n) is 4.72. The third-order valence-electron chi connectivity index (χ3n) is 2.18. The largest absolute Gasteiger partial charge is 0.494 e. The first-order valence-electron chi connectivity index (χ1n) is 5.86. The Morgan fingerprint density at radius 2 is 2.11 bits per heavy atom. The first kappa shape index (κ1) is 14.3. The van der Waals surface area contributed by atoms with Crippen LogP contribution in [0.2, 0.25) is 0 Å². The van der Waals surface area contributed by atoms with Gasteiger partial charge in [-0.2, -0.15) is 0 Å². The molecule has 0 aromatic heterocycles. The van der Waals surface area contributed by atoms with Crippen LogP contribution in [0.4, 0.5) is 5.69 Å². The van der Waals surface area contributed by atoms with Crippen LogP contribution in [-0.4, -0.2) is 29.8 Å². The number of hydrogen-bond donors (Lipinski definition) is 3. The Labute approximate surface area is 107 Å². The van der Waals surface area contributed by atoms with Gasteiger partial charge in [0.2, 0.25) is 0 Å². The van der Waals surface area contributed by atoms with E-state index in [4.69, 9.17) is 10.5 Å². The molecule has 1 rings (SSSR count). The monoisotopic (exact) mass is 252 g/mol. The van der Waals surface area contributed by atoms with Gasteiger partial charge in [0.25, 0.3) is 5.91 Å². The molecule has 1 aromatic rings. The van der Waals surface area contributed by atoms with E-state index >= 15 is 0 Å². The molecule has 0 saturated heterocycles. The van der Waals surface area contributed by atoms with Gasteiger partial charge in [-0.15, -0.1) is 0 Å². The molecular weight excluding hydrogens is 232 g/mol. The summed E-state index contributed by atoms with van der Waals surface area (Å²) in [5.41, 5.74) is 5.64. The number of nitrogen functional groups attached to an aromatic ring is 1. The summed E-state index contributed by atoms with van der Waals surface area (Å²) in [5.74, 6) is 0.274. The van der Waals surface area contributed by atoms with E-state index in [0.29, 0.717) is 23.6 Å². The van der Waals surface area contributed by atoms with Crippen molar-refractivity contribution in [3.8, 4) is 5.75 Å². The maximum atomic E-state index is 11.9. The van der Waals surface area contributed by atoms with Crippen molar-refractivity contribution in [3.05, 3.63) is 23.8 Å². The van der Waals surface area contributed by atoms with Crippen molar-refractivity contribution in [1.82, 2.24) is 5.32 Å². The van der Waals surface area contributed by atoms with Crippen molar-refractivity contribution < 1.29 is 14.6 Å². The highest BCUT2D eigenvalue weighted by atomic mass is 16.5. The Bertz CT molecular complexity index is 425. The summed E-state index contributed by atoms with van der Waals surface area (Å²) in [4.78, 5) is 11.9. The predicted octanol–water partition coefficient (Wildman–Crippen LogP) is 1.17. The molecule has 0 aliphatic rings. The minimum absolute atomic E-state index is 0.171. The van der Waals surface area contributed by atoms with E-state index in [0.717, 1.165) is 0 Å². The van der Waals surface area contributed by atoms with Gasteiger partial charge in [0, 0.05) is 23.9 Å². The van der Waals surface area contributed by atoms with Crippen molar-refractivity contribution >= 4 is 11.6 Å². The van der Waals surface area contributed by atoms with E-state index in [2.05, 4.69) is 5.32 Å². The maximum absolute atomic E-state index is 11.9. The molecule has 0 atom stereocenters. The van der Waals surface area contributed by atoms with Gasteiger partial charge in [-0.05, 0) is 32.9 Å². The summed E-state index contributed by atoms with van der Waals surface area (Å²) in [6.45, 7) is 5.78. The molecule has 100 valence electrons. The van der Waals surface area contributed by atoms with Crippen molar-refractivity contribution in [2.45, 2.75) is 26.4 Å². The van der Waals surface area contributed by atoms with Crippen LogP contribution in [0.1, 0.15) is 31.1 Å². The second kappa shape index (κ2) is 5.73. The smallest absolute Gasteiger partial charge is 0.251 e. The minimum atomic E-state index is -0.946. The van der Waals surface area contributed by atoms with Crippen molar-refractivity contribution in [2.75, 3.05) is 18.9 Å². The average Bonchev–Trinajstić information content (AvgIpc) is 2.24. The van der Waals surface area contributed by atoms with Crippen LogP contribution in [-0.2, 0) is 0 Å². The fraction of sp³-hybridized carbons (Fsp3) is 0.462. The average molecular weight is 252 g/mol. The van der Waals surface area contributed by atoms with Crippen LogP contribution in [0.5, 0.6) is 5.75 Å². The number of nitrogens with one attached hydrogen (secondary N) is 1. The van der Waals surface area contributed by atoms with Crippen LogP contribution < -0.4 is 15.8 Å². The molecule has 0 unspecified atom stereocenters. The first-order chi connectivity index (χ1) is 8.31. The number of carbonyl (C=O) groups excluding carboxylic acids is 1. The van der Waals surface area contributed by atoms with Gasteiger partial charge in [0.05, 0.1) is 12.2 Å². The molecule has 5 nitrogen and oxygen atoms in total. The number of carbonyl (C=O) groups is 1. The number of amides is 1. The highest BCUT2D eigenvalue weighted by molar-refractivity contribution is 5.95. The van der Waals surface area contributed by atoms with E-state index in [-0.39, 0.29) is 12.5 Å². The fourth-order valence-electron chi connectivity index (χ4n) is 1.40. The molecule has 0 saturated carbocycles. The summed E-state index contributed by atoms with van der Waals surface area (Å²) in [6, 6.07) is 4.86. The molecule has 0 aliphatic carbocycles. The normalized spacial score (nSPS) is 11.1. The molecule has 0 radical (unpaired) electrons. The van der Waals surface area contributed by atoms with Crippen molar-refractivity contribution in [3.63, 3.8) is 0 Å². The van der Waals surface area contributed by atoms with Crippen LogP contribution >= 0.6 is 0 Å². The number of hydrogen-bond acceptors (Lipinski definition) is 4. The van der Waals surface area contributed by atoms with Gasteiger partial charge in [-0.3, -0.25) is 4.79 Å². The Morgan fingerprint density at radius 1 is 1.44 bits per heavy atom. The molecule has 1 amide bonds. The number of anilines is 1. The summed E-state index contributed by atoms with van der Waals surface area (Å²) in [6.07, 6.45) is 0. The Kier molecular flexibility index (Phi) is 4.55. The topological polar surface area (TPSA) is 84.6 Å². The zero-order chi connectivity index (χ0) is 13.8. The molecule has 1 aromatic carbocycles. The SMILES string of the molecule is CCOc1cc(N)cc(C(=O)NCC(C)(C)O)c1. The van der Waals surface area contributed by atoms with Crippen molar-refractivity contribution in [1.29, 1.82) is 0 Å². The summed E-state index contributed by atoms with van der Waals surface area (Å²) in [5, 5.41) is 12.2. The molecule has 5 heteroatoms. The lowest BCUT2D eigenvalue weighted by Gasteiger charge is -2.17. The van der Waals surface area contributed by atoms with Gasteiger partial charge in [0.15, 0.2) is 0 Å². The van der Waals surface area contributed by atoms with Crippen LogP contribution in [0.25, 0.3) is 0 Å². The third kappa shape index (κ3) is 4.63. The van der Waals surface area contributed by atoms with Crippen LogP contribution in [0.3, 0.4) is 0 Å². The summed E-state index contributed by atoms with van der Waals surface area (Å²) in [7, 11) is 0. The zero-order valence-corrected chi connectivity index (χ0v) is 11.0. The van der Waals surface area contributed by atoms with Crippen molar-refractivity contribution in [2.24, 2.45) is 0 Å². The van der Waals surface area contributed by atoms with E-state index in [1.807, 2.05) is 6.92 Å². The molecule has 0 spiro atoms. The summed E-state index contributed by atoms with van der Waals surface area (Å²) < 4.78 is 5.31. The van der Waals surface area contributed by atoms with Crippen LogP contribution in [0.15, 0.2) is 18.2 Å². The molecule has 0 heterocycles. The van der Waals surface area contributed by atoms with Gasteiger partial charge in [0.1, 0.15) is 5.75 Å². The Morgan fingerprint density at radius 3 is 2.67 bits per heavy atom. The highest BCUT2D eigenvalue weighted by Gasteiger charge is 2.15. The Balaban J connectivity index is 2.79. The third-order valence-corrected chi connectivity index (χ3v) is 2.18. The fourth-order valence-corrected chi connectivity index (χ4v) is 1.40. The summed E-state index contributed by atoms with van der Waals surface area (Å²) >= 11 is 0. The number of aliphatic hydroxyl groups is 1. The highest BCUT2D eigenvalue weighted by Crippen LogP contribution is 2.19.